The first kappa shape index (κ1) is 10.0. The Labute approximate surface area is 68.4 Å². The number of aliphatic imine (C=N–C) groups is 1. The lowest BCUT2D eigenvalue weighted by Crippen LogP contribution is -2.31. The summed E-state index contributed by atoms with van der Waals surface area (Å²) in [4.78, 5) is 4.08. The van der Waals surface area contributed by atoms with Crippen molar-refractivity contribution in [3.05, 3.63) is 12.2 Å². The molecule has 0 radical (unpaired) electrons. The summed E-state index contributed by atoms with van der Waals surface area (Å²) in [5.74, 6) is 0.539. The van der Waals surface area contributed by atoms with Crippen molar-refractivity contribution in [1.29, 1.82) is 0 Å². The number of hydrogen-bond acceptors (Lipinski definition) is 1. The van der Waals surface area contributed by atoms with Gasteiger partial charge in [0.15, 0.2) is 5.96 Å². The first-order chi connectivity index (χ1) is 5.31. The third-order valence-corrected chi connectivity index (χ3v) is 1.17. The van der Waals surface area contributed by atoms with Crippen molar-refractivity contribution >= 4 is 5.96 Å². The Morgan fingerprint density at radius 1 is 1.64 bits per heavy atom. The average Bonchev–Trinajstić information content (AvgIpc) is 1.99. The third kappa shape index (κ3) is 6.90. The number of nitrogens with two attached hydrogens (primary N) is 1. The predicted octanol–water partition coefficient (Wildman–Crippen LogP) is 0.877. The number of hydrogen-bond donors (Lipinski definition) is 2. The zero-order chi connectivity index (χ0) is 8.53. The maximum Gasteiger partial charge on any atom is 0.188 e. The third-order valence-electron chi connectivity index (χ3n) is 1.17. The van der Waals surface area contributed by atoms with Gasteiger partial charge in [0, 0.05) is 13.1 Å². The van der Waals surface area contributed by atoms with Crippen molar-refractivity contribution < 1.29 is 0 Å². The maximum atomic E-state index is 5.48. The highest BCUT2D eigenvalue weighted by molar-refractivity contribution is 5.77. The number of rotatable bonds is 4. The molecule has 0 amide bonds. The number of guanidine groups is 1. The molecule has 3 heteroatoms. The SMILES string of the molecule is C/C=C/CCN=C(N)NCC. The molecule has 0 spiro atoms. The fourth-order valence-corrected chi connectivity index (χ4v) is 0.663. The van der Waals surface area contributed by atoms with E-state index in [0.29, 0.717) is 5.96 Å². The van der Waals surface area contributed by atoms with Gasteiger partial charge in [-0.1, -0.05) is 12.2 Å². The molecular formula is C8H17N3. The summed E-state index contributed by atoms with van der Waals surface area (Å²) in [6.45, 7) is 5.59. The van der Waals surface area contributed by atoms with Crippen LogP contribution < -0.4 is 11.1 Å². The van der Waals surface area contributed by atoms with Crippen molar-refractivity contribution in [2.45, 2.75) is 20.3 Å². The fourth-order valence-electron chi connectivity index (χ4n) is 0.663. The van der Waals surface area contributed by atoms with Gasteiger partial charge in [-0.3, -0.25) is 4.99 Å². The van der Waals surface area contributed by atoms with Crippen LogP contribution in [0.3, 0.4) is 0 Å². The van der Waals surface area contributed by atoms with E-state index < -0.39 is 0 Å². The lowest BCUT2D eigenvalue weighted by molar-refractivity contribution is 0.916. The van der Waals surface area contributed by atoms with Crippen LogP contribution in [-0.4, -0.2) is 19.0 Å². The largest absolute Gasteiger partial charge is 0.370 e. The van der Waals surface area contributed by atoms with E-state index in [9.17, 15) is 0 Å². The lowest BCUT2D eigenvalue weighted by Gasteiger charge is -1.99. The van der Waals surface area contributed by atoms with Crippen molar-refractivity contribution in [2.75, 3.05) is 13.1 Å². The Morgan fingerprint density at radius 3 is 2.91 bits per heavy atom. The minimum Gasteiger partial charge on any atom is -0.370 e. The highest BCUT2D eigenvalue weighted by atomic mass is 15.1. The van der Waals surface area contributed by atoms with Gasteiger partial charge in [-0.25, -0.2) is 0 Å². The molecule has 0 bridgehead atoms. The summed E-state index contributed by atoms with van der Waals surface area (Å²) in [6.07, 6.45) is 5.05. The Kier molecular flexibility index (Phi) is 6.48. The maximum absolute atomic E-state index is 5.48. The molecular weight excluding hydrogens is 138 g/mol. The highest BCUT2D eigenvalue weighted by Gasteiger charge is 1.84. The molecule has 0 atom stereocenters. The summed E-state index contributed by atoms with van der Waals surface area (Å²) in [6, 6.07) is 0. The minimum absolute atomic E-state index is 0.539. The molecule has 0 aromatic carbocycles. The molecule has 0 heterocycles. The van der Waals surface area contributed by atoms with Crippen LogP contribution >= 0.6 is 0 Å². The van der Waals surface area contributed by atoms with Crippen LogP contribution in [0.1, 0.15) is 20.3 Å². The Hall–Kier alpha value is -0.990. The molecule has 3 N–H and O–H groups in total. The molecule has 0 rings (SSSR count). The van der Waals surface area contributed by atoms with E-state index in [1.807, 2.05) is 19.9 Å². The summed E-state index contributed by atoms with van der Waals surface area (Å²) in [5, 5.41) is 2.93. The van der Waals surface area contributed by atoms with E-state index in [4.69, 9.17) is 5.73 Å². The van der Waals surface area contributed by atoms with Crippen LogP contribution in [0.5, 0.6) is 0 Å². The predicted molar refractivity (Wildman–Crippen MR) is 49.6 cm³/mol. The van der Waals surface area contributed by atoms with E-state index in [1.165, 1.54) is 0 Å². The second-order valence-electron chi connectivity index (χ2n) is 2.16. The van der Waals surface area contributed by atoms with Crippen LogP contribution in [0, 0.1) is 0 Å². The summed E-state index contributed by atoms with van der Waals surface area (Å²) >= 11 is 0. The first-order valence-electron chi connectivity index (χ1n) is 3.96. The molecule has 0 saturated heterocycles. The Balaban J connectivity index is 3.39. The smallest absolute Gasteiger partial charge is 0.188 e. The van der Waals surface area contributed by atoms with Gasteiger partial charge in [0.1, 0.15) is 0 Å². The second kappa shape index (κ2) is 7.12. The fraction of sp³-hybridized carbons (Fsp3) is 0.625. The topological polar surface area (TPSA) is 50.4 Å². The van der Waals surface area contributed by atoms with Gasteiger partial charge in [0.2, 0.25) is 0 Å². The summed E-state index contributed by atoms with van der Waals surface area (Å²) in [5.41, 5.74) is 5.48. The molecule has 0 aliphatic carbocycles. The number of allylic oxidation sites excluding steroid dienone is 1. The highest BCUT2D eigenvalue weighted by Crippen LogP contribution is 1.82. The second-order valence-corrected chi connectivity index (χ2v) is 2.16. The van der Waals surface area contributed by atoms with Crippen molar-refractivity contribution in [3.8, 4) is 0 Å². The normalized spacial score (nSPS) is 12.4. The Bertz CT molecular complexity index is 138. The van der Waals surface area contributed by atoms with Gasteiger partial charge >= 0.3 is 0 Å². The molecule has 0 aliphatic rings. The quantitative estimate of drug-likeness (QED) is 0.274. The van der Waals surface area contributed by atoms with Crippen LogP contribution in [-0.2, 0) is 0 Å². The van der Waals surface area contributed by atoms with Crippen molar-refractivity contribution in [2.24, 2.45) is 10.7 Å². The molecule has 11 heavy (non-hydrogen) atoms. The summed E-state index contributed by atoms with van der Waals surface area (Å²) < 4.78 is 0. The van der Waals surface area contributed by atoms with E-state index in [1.54, 1.807) is 0 Å². The number of nitrogens with zero attached hydrogens (tertiary/aromatic N) is 1. The van der Waals surface area contributed by atoms with E-state index >= 15 is 0 Å². The van der Waals surface area contributed by atoms with Crippen LogP contribution in [0.15, 0.2) is 17.1 Å². The molecule has 3 nitrogen and oxygen atoms in total. The van der Waals surface area contributed by atoms with Crippen LogP contribution in [0.4, 0.5) is 0 Å². The zero-order valence-corrected chi connectivity index (χ0v) is 7.30. The number of nitrogens with one attached hydrogen (secondary N) is 1. The molecule has 0 aromatic heterocycles. The van der Waals surface area contributed by atoms with E-state index in [2.05, 4.69) is 16.4 Å². The molecule has 0 fully saturated rings. The first-order valence-corrected chi connectivity index (χ1v) is 3.96. The monoisotopic (exact) mass is 155 g/mol. The van der Waals surface area contributed by atoms with E-state index in [0.717, 1.165) is 19.5 Å². The zero-order valence-electron chi connectivity index (χ0n) is 7.30. The Morgan fingerprint density at radius 2 is 2.36 bits per heavy atom. The van der Waals surface area contributed by atoms with Gasteiger partial charge in [-0.05, 0) is 20.3 Å². The van der Waals surface area contributed by atoms with Crippen molar-refractivity contribution in [1.82, 2.24) is 5.32 Å². The van der Waals surface area contributed by atoms with Gasteiger partial charge in [0.05, 0.1) is 0 Å². The molecule has 0 saturated carbocycles. The molecule has 64 valence electrons. The molecule has 0 aromatic rings. The van der Waals surface area contributed by atoms with Crippen LogP contribution in [0.2, 0.25) is 0 Å². The van der Waals surface area contributed by atoms with Gasteiger partial charge < -0.3 is 11.1 Å². The van der Waals surface area contributed by atoms with Gasteiger partial charge in [0.25, 0.3) is 0 Å². The standard InChI is InChI=1S/C8H17N3/c1-3-5-6-7-11-8(9)10-4-2/h3,5H,4,6-7H2,1-2H3,(H3,9,10,11)/b5-3+. The molecule has 0 unspecified atom stereocenters. The lowest BCUT2D eigenvalue weighted by atomic mass is 10.4. The van der Waals surface area contributed by atoms with Gasteiger partial charge in [-0.2, -0.15) is 0 Å². The average molecular weight is 155 g/mol. The summed E-state index contributed by atoms with van der Waals surface area (Å²) in [7, 11) is 0. The van der Waals surface area contributed by atoms with Gasteiger partial charge in [-0.15, -0.1) is 0 Å². The van der Waals surface area contributed by atoms with Crippen LogP contribution in [0.25, 0.3) is 0 Å². The molecule has 0 aliphatic heterocycles. The van der Waals surface area contributed by atoms with E-state index in [-0.39, 0.29) is 0 Å². The van der Waals surface area contributed by atoms with Crippen molar-refractivity contribution in [3.63, 3.8) is 0 Å². The minimum atomic E-state index is 0.539.